The maximum absolute atomic E-state index is 12.9. The van der Waals surface area contributed by atoms with Crippen molar-refractivity contribution in [3.05, 3.63) is 35.6 Å². The van der Waals surface area contributed by atoms with Crippen molar-refractivity contribution in [2.45, 2.75) is 26.4 Å². The summed E-state index contributed by atoms with van der Waals surface area (Å²) >= 11 is 0. The molecule has 122 valence electrons. The number of aliphatic hydroxyl groups excluding tert-OH is 1. The van der Waals surface area contributed by atoms with Crippen LogP contribution in [0.1, 0.15) is 19.4 Å². The van der Waals surface area contributed by atoms with Gasteiger partial charge in [0.05, 0.1) is 6.10 Å². The van der Waals surface area contributed by atoms with Crippen molar-refractivity contribution in [1.82, 2.24) is 9.80 Å². The highest BCUT2D eigenvalue weighted by Crippen LogP contribution is 2.14. The largest absolute Gasteiger partial charge is 0.392 e. The van der Waals surface area contributed by atoms with Crippen molar-refractivity contribution < 1.29 is 14.3 Å². The zero-order valence-electron chi connectivity index (χ0n) is 13.3. The Morgan fingerprint density at radius 1 is 1.18 bits per heavy atom. The number of rotatable bonds is 5. The van der Waals surface area contributed by atoms with Crippen LogP contribution in [0.25, 0.3) is 0 Å². The first-order valence-corrected chi connectivity index (χ1v) is 7.89. The Labute approximate surface area is 131 Å². The first-order valence-electron chi connectivity index (χ1n) is 7.89. The summed E-state index contributed by atoms with van der Waals surface area (Å²) in [7, 11) is 0. The maximum Gasteiger partial charge on any atom is 0.225 e. The highest BCUT2D eigenvalue weighted by molar-refractivity contribution is 5.78. The number of carbonyl (C=O) groups excluding carboxylic acids is 1. The Balaban J connectivity index is 1.82. The highest BCUT2D eigenvalue weighted by atomic mass is 19.1. The second-order valence-electron chi connectivity index (χ2n) is 6.21. The van der Waals surface area contributed by atoms with Crippen LogP contribution in [0, 0.1) is 11.7 Å². The van der Waals surface area contributed by atoms with Gasteiger partial charge in [-0.1, -0.05) is 19.1 Å². The molecule has 1 fully saturated rings. The molecule has 1 heterocycles. The quantitative estimate of drug-likeness (QED) is 0.897. The average Bonchev–Trinajstić information content (AvgIpc) is 2.49. The number of hydrogen-bond donors (Lipinski definition) is 1. The number of β-amino-alcohol motifs (C(OH)–C–C–N with tert-alkyl or cyclic N) is 1. The van der Waals surface area contributed by atoms with E-state index in [-0.39, 0.29) is 23.7 Å². The molecule has 1 amide bonds. The standard InChI is InChI=1S/C17H25FN2O2/c1-13(11-15-3-5-16(18)6-4-15)17(22)20-9-7-19(8-10-20)12-14(2)21/h3-6,13-14,21H,7-12H2,1-2H3/t13-,14-/m1/s1. The molecule has 1 saturated heterocycles. The summed E-state index contributed by atoms with van der Waals surface area (Å²) in [5.74, 6) is -0.202. The van der Waals surface area contributed by atoms with Gasteiger partial charge in [-0.05, 0) is 31.0 Å². The lowest BCUT2D eigenvalue weighted by Gasteiger charge is -2.36. The van der Waals surface area contributed by atoms with E-state index in [2.05, 4.69) is 4.90 Å². The van der Waals surface area contributed by atoms with Crippen molar-refractivity contribution in [2.75, 3.05) is 32.7 Å². The van der Waals surface area contributed by atoms with Crippen molar-refractivity contribution in [3.63, 3.8) is 0 Å². The molecule has 1 aliphatic heterocycles. The van der Waals surface area contributed by atoms with Crippen LogP contribution in [0.15, 0.2) is 24.3 Å². The van der Waals surface area contributed by atoms with E-state index in [0.29, 0.717) is 26.1 Å². The number of nitrogens with zero attached hydrogens (tertiary/aromatic N) is 2. The number of amides is 1. The summed E-state index contributed by atoms with van der Waals surface area (Å²) in [6, 6.07) is 6.34. The van der Waals surface area contributed by atoms with Gasteiger partial charge in [-0.3, -0.25) is 9.69 Å². The lowest BCUT2D eigenvalue weighted by atomic mass is 9.99. The van der Waals surface area contributed by atoms with Gasteiger partial charge in [-0.2, -0.15) is 0 Å². The number of hydrogen-bond acceptors (Lipinski definition) is 3. The molecule has 1 N–H and O–H groups in total. The summed E-state index contributed by atoms with van der Waals surface area (Å²) in [4.78, 5) is 16.6. The fraction of sp³-hybridized carbons (Fsp3) is 0.588. The third-order valence-electron chi connectivity index (χ3n) is 4.08. The summed E-state index contributed by atoms with van der Waals surface area (Å²) in [5.41, 5.74) is 0.981. The molecule has 0 aliphatic carbocycles. The van der Waals surface area contributed by atoms with Gasteiger partial charge in [-0.25, -0.2) is 4.39 Å². The van der Waals surface area contributed by atoms with E-state index in [9.17, 15) is 14.3 Å². The van der Waals surface area contributed by atoms with Gasteiger partial charge >= 0.3 is 0 Å². The number of carbonyl (C=O) groups is 1. The molecule has 2 rings (SSSR count). The third kappa shape index (κ3) is 4.78. The van der Waals surface area contributed by atoms with Crippen molar-refractivity contribution in [3.8, 4) is 0 Å². The molecule has 0 radical (unpaired) electrons. The molecular formula is C17H25FN2O2. The second-order valence-corrected chi connectivity index (χ2v) is 6.21. The van der Waals surface area contributed by atoms with Gasteiger partial charge in [0.25, 0.3) is 0 Å². The zero-order chi connectivity index (χ0) is 16.1. The highest BCUT2D eigenvalue weighted by Gasteiger charge is 2.25. The van der Waals surface area contributed by atoms with Crippen LogP contribution in [0.5, 0.6) is 0 Å². The molecule has 0 unspecified atom stereocenters. The minimum atomic E-state index is -0.334. The van der Waals surface area contributed by atoms with Crippen molar-refractivity contribution >= 4 is 5.91 Å². The summed E-state index contributed by atoms with van der Waals surface area (Å²) in [6.07, 6.45) is 0.298. The molecule has 0 aromatic heterocycles. The van der Waals surface area contributed by atoms with E-state index in [4.69, 9.17) is 0 Å². The summed E-state index contributed by atoms with van der Waals surface area (Å²) < 4.78 is 12.9. The molecular weight excluding hydrogens is 283 g/mol. The molecule has 1 aromatic rings. The number of benzene rings is 1. The van der Waals surface area contributed by atoms with Crippen LogP contribution < -0.4 is 0 Å². The molecule has 5 heteroatoms. The predicted molar refractivity (Wildman–Crippen MR) is 84.0 cm³/mol. The SMILES string of the molecule is C[C@H](Cc1ccc(F)cc1)C(=O)N1CCN(C[C@@H](C)O)CC1. The average molecular weight is 308 g/mol. The number of aliphatic hydroxyl groups is 1. The Kier molecular flexibility index (Phi) is 5.91. The molecule has 22 heavy (non-hydrogen) atoms. The second kappa shape index (κ2) is 7.70. The first kappa shape index (κ1) is 16.9. The molecule has 1 aromatic carbocycles. The number of halogens is 1. The Hall–Kier alpha value is -1.46. The molecule has 0 saturated carbocycles. The lowest BCUT2D eigenvalue weighted by Crippen LogP contribution is -2.51. The Morgan fingerprint density at radius 3 is 2.32 bits per heavy atom. The predicted octanol–water partition coefficient (Wildman–Crippen LogP) is 1.53. The van der Waals surface area contributed by atoms with Crippen LogP contribution >= 0.6 is 0 Å². The van der Waals surface area contributed by atoms with Crippen LogP contribution in [0.3, 0.4) is 0 Å². The Bertz CT molecular complexity index is 482. The van der Waals surface area contributed by atoms with Crippen LogP contribution in [-0.4, -0.2) is 59.6 Å². The van der Waals surface area contributed by atoms with E-state index in [1.54, 1.807) is 19.1 Å². The molecule has 0 bridgehead atoms. The zero-order valence-corrected chi connectivity index (χ0v) is 13.3. The summed E-state index contributed by atoms with van der Waals surface area (Å²) in [6.45, 7) is 7.39. The van der Waals surface area contributed by atoms with Crippen molar-refractivity contribution in [2.24, 2.45) is 5.92 Å². The maximum atomic E-state index is 12.9. The minimum absolute atomic E-state index is 0.103. The van der Waals surface area contributed by atoms with E-state index in [1.807, 2.05) is 11.8 Å². The van der Waals surface area contributed by atoms with Crippen LogP contribution in [0.2, 0.25) is 0 Å². The van der Waals surface area contributed by atoms with E-state index in [1.165, 1.54) is 12.1 Å². The minimum Gasteiger partial charge on any atom is -0.392 e. The van der Waals surface area contributed by atoms with Gasteiger partial charge in [-0.15, -0.1) is 0 Å². The molecule has 2 atom stereocenters. The number of piperazine rings is 1. The van der Waals surface area contributed by atoms with E-state index < -0.39 is 0 Å². The van der Waals surface area contributed by atoms with Gasteiger partial charge in [0, 0.05) is 38.6 Å². The molecule has 1 aliphatic rings. The fourth-order valence-electron chi connectivity index (χ4n) is 2.90. The lowest BCUT2D eigenvalue weighted by molar-refractivity contribution is -0.136. The first-order chi connectivity index (χ1) is 10.5. The van der Waals surface area contributed by atoms with Gasteiger partial charge in [0.15, 0.2) is 0 Å². The Morgan fingerprint density at radius 2 is 1.77 bits per heavy atom. The third-order valence-corrected chi connectivity index (χ3v) is 4.08. The van der Waals surface area contributed by atoms with Gasteiger partial charge in [0.1, 0.15) is 5.82 Å². The monoisotopic (exact) mass is 308 g/mol. The smallest absolute Gasteiger partial charge is 0.225 e. The molecule has 4 nitrogen and oxygen atoms in total. The van der Waals surface area contributed by atoms with E-state index >= 15 is 0 Å². The van der Waals surface area contributed by atoms with E-state index in [0.717, 1.165) is 18.7 Å². The summed E-state index contributed by atoms with van der Waals surface area (Å²) in [5, 5.41) is 9.40. The van der Waals surface area contributed by atoms with Crippen LogP contribution in [-0.2, 0) is 11.2 Å². The van der Waals surface area contributed by atoms with Crippen LogP contribution in [0.4, 0.5) is 4.39 Å². The normalized spacial score (nSPS) is 19.0. The molecule has 0 spiro atoms. The fourth-order valence-corrected chi connectivity index (χ4v) is 2.90. The topological polar surface area (TPSA) is 43.8 Å². The van der Waals surface area contributed by atoms with Crippen molar-refractivity contribution in [1.29, 1.82) is 0 Å². The van der Waals surface area contributed by atoms with Gasteiger partial charge < -0.3 is 10.0 Å². The van der Waals surface area contributed by atoms with Gasteiger partial charge in [0.2, 0.25) is 5.91 Å².